The van der Waals surface area contributed by atoms with E-state index in [4.69, 9.17) is 4.74 Å². The molecule has 3 rings (SSSR count). The molecule has 0 heterocycles. The highest BCUT2D eigenvalue weighted by molar-refractivity contribution is 5.87. The zero-order valence-corrected chi connectivity index (χ0v) is 10.9. The molecule has 0 N–H and O–H groups in total. The van der Waals surface area contributed by atoms with Gasteiger partial charge in [0.1, 0.15) is 5.60 Å². The van der Waals surface area contributed by atoms with Gasteiger partial charge >= 0.3 is 5.97 Å². The van der Waals surface area contributed by atoms with Gasteiger partial charge in [-0.2, -0.15) is 0 Å². The van der Waals surface area contributed by atoms with Gasteiger partial charge in [-0.05, 0) is 69.6 Å². The third-order valence-electron chi connectivity index (χ3n) is 5.16. The molecule has 3 aliphatic rings. The summed E-state index contributed by atoms with van der Waals surface area (Å²) in [6.45, 7) is 7.53. The van der Waals surface area contributed by atoms with Gasteiger partial charge in [-0.1, -0.05) is 6.58 Å². The summed E-state index contributed by atoms with van der Waals surface area (Å²) in [7, 11) is 0. The van der Waals surface area contributed by atoms with Crippen LogP contribution in [0.15, 0.2) is 12.2 Å². The van der Waals surface area contributed by atoms with E-state index in [1.165, 1.54) is 19.3 Å². The van der Waals surface area contributed by atoms with Crippen LogP contribution >= 0.6 is 0 Å². The van der Waals surface area contributed by atoms with Gasteiger partial charge in [0.2, 0.25) is 0 Å². The number of carbonyl (C=O) groups is 1. The van der Waals surface area contributed by atoms with E-state index in [1.807, 2.05) is 0 Å². The predicted molar refractivity (Wildman–Crippen MR) is 66.4 cm³/mol. The van der Waals surface area contributed by atoms with Crippen molar-refractivity contribution in [1.29, 1.82) is 0 Å². The van der Waals surface area contributed by atoms with Crippen molar-refractivity contribution in [3.63, 3.8) is 0 Å². The minimum atomic E-state index is -0.231. The smallest absolute Gasteiger partial charge is 0.333 e. The van der Waals surface area contributed by atoms with Gasteiger partial charge in [-0.3, -0.25) is 0 Å². The average Bonchev–Trinajstić information content (AvgIpc) is 2.45. The van der Waals surface area contributed by atoms with Crippen molar-refractivity contribution in [2.24, 2.45) is 23.7 Å². The van der Waals surface area contributed by atoms with Crippen molar-refractivity contribution in [2.45, 2.75) is 51.6 Å². The lowest BCUT2D eigenvalue weighted by Gasteiger charge is -2.45. The quantitative estimate of drug-likeness (QED) is 0.541. The maximum absolute atomic E-state index is 11.7. The van der Waals surface area contributed by atoms with E-state index in [9.17, 15) is 4.79 Å². The molecule has 5 unspecified atom stereocenters. The van der Waals surface area contributed by atoms with Gasteiger partial charge in [0.15, 0.2) is 0 Å². The zero-order valence-electron chi connectivity index (χ0n) is 10.9. The molecule has 2 heteroatoms. The molecule has 0 aromatic rings. The van der Waals surface area contributed by atoms with Crippen LogP contribution in [0, 0.1) is 23.7 Å². The second kappa shape index (κ2) is 3.60. The van der Waals surface area contributed by atoms with E-state index in [0.717, 1.165) is 36.5 Å². The minimum absolute atomic E-state index is 0.207. The topological polar surface area (TPSA) is 26.3 Å². The number of rotatable bonds is 2. The zero-order chi connectivity index (χ0) is 12.2. The van der Waals surface area contributed by atoms with E-state index in [2.05, 4.69) is 13.5 Å². The van der Waals surface area contributed by atoms with Crippen LogP contribution in [0.1, 0.15) is 46.0 Å². The van der Waals surface area contributed by atoms with Crippen LogP contribution in [0.3, 0.4) is 0 Å². The van der Waals surface area contributed by atoms with Crippen LogP contribution in [0.5, 0.6) is 0 Å². The van der Waals surface area contributed by atoms with Gasteiger partial charge in [0, 0.05) is 5.57 Å². The average molecular weight is 234 g/mol. The highest BCUT2D eigenvalue weighted by Crippen LogP contribution is 2.60. The standard InChI is InChI=1S/C15H22O2/c1-9(2)14(16)17-15(3)7-10-4-11-6-12(8-15)13(11)5-10/h10-13H,1,4-8H2,2-3H3. The first-order chi connectivity index (χ1) is 7.97. The molecule has 2 bridgehead atoms. The second-order valence-corrected chi connectivity index (χ2v) is 6.79. The fourth-order valence-corrected chi connectivity index (χ4v) is 4.54. The lowest BCUT2D eigenvalue weighted by atomic mass is 9.63. The lowest BCUT2D eigenvalue weighted by molar-refractivity contribution is -0.158. The Bertz CT molecular complexity index is 367. The fraction of sp³-hybridized carbons (Fsp3) is 0.800. The monoisotopic (exact) mass is 234 g/mol. The van der Waals surface area contributed by atoms with Crippen molar-refractivity contribution in [3.05, 3.63) is 12.2 Å². The number of hydrogen-bond donors (Lipinski definition) is 0. The Balaban J connectivity index is 1.74. The normalized spacial score (nSPS) is 46.9. The third-order valence-corrected chi connectivity index (χ3v) is 5.16. The summed E-state index contributed by atoms with van der Waals surface area (Å²) in [5.41, 5.74) is 0.290. The van der Waals surface area contributed by atoms with Crippen LogP contribution < -0.4 is 0 Å². The molecule has 0 saturated heterocycles. The van der Waals surface area contributed by atoms with E-state index in [0.29, 0.717) is 5.57 Å². The van der Waals surface area contributed by atoms with Crippen molar-refractivity contribution in [2.75, 3.05) is 0 Å². The van der Waals surface area contributed by atoms with Gasteiger partial charge in [0.25, 0.3) is 0 Å². The molecule has 3 aliphatic carbocycles. The van der Waals surface area contributed by atoms with Crippen LogP contribution in [-0.4, -0.2) is 11.6 Å². The van der Waals surface area contributed by atoms with Crippen molar-refractivity contribution in [3.8, 4) is 0 Å². The number of fused-ring (bicyclic) bond motifs is 1. The first-order valence-electron chi connectivity index (χ1n) is 6.86. The molecule has 5 atom stereocenters. The summed E-state index contributed by atoms with van der Waals surface area (Å²) in [5, 5.41) is 0. The largest absolute Gasteiger partial charge is 0.456 e. The Morgan fingerprint density at radius 2 is 2.00 bits per heavy atom. The fourth-order valence-electron chi connectivity index (χ4n) is 4.54. The Kier molecular flexibility index (Phi) is 2.39. The molecule has 0 radical (unpaired) electrons. The van der Waals surface area contributed by atoms with E-state index in [1.54, 1.807) is 6.92 Å². The SMILES string of the molecule is C=C(C)C(=O)OC1(C)CC2CC3CC(C1)C3C2. The molecular weight excluding hydrogens is 212 g/mol. The molecule has 2 nitrogen and oxygen atoms in total. The molecule has 17 heavy (non-hydrogen) atoms. The molecule has 94 valence electrons. The van der Waals surface area contributed by atoms with E-state index in [-0.39, 0.29) is 11.6 Å². The molecule has 3 saturated carbocycles. The van der Waals surface area contributed by atoms with Gasteiger partial charge in [-0.15, -0.1) is 0 Å². The van der Waals surface area contributed by atoms with Crippen molar-refractivity contribution < 1.29 is 9.53 Å². The van der Waals surface area contributed by atoms with Crippen molar-refractivity contribution in [1.82, 2.24) is 0 Å². The van der Waals surface area contributed by atoms with Crippen LogP contribution in [0.4, 0.5) is 0 Å². The molecule has 0 aromatic carbocycles. The Morgan fingerprint density at radius 3 is 2.71 bits per heavy atom. The van der Waals surface area contributed by atoms with E-state index < -0.39 is 0 Å². The van der Waals surface area contributed by atoms with Gasteiger partial charge < -0.3 is 4.74 Å². The predicted octanol–water partition coefficient (Wildman–Crippen LogP) is 3.32. The first-order valence-corrected chi connectivity index (χ1v) is 6.86. The van der Waals surface area contributed by atoms with Gasteiger partial charge in [-0.25, -0.2) is 4.79 Å². The maximum Gasteiger partial charge on any atom is 0.333 e. The molecule has 0 amide bonds. The molecule has 0 spiro atoms. The van der Waals surface area contributed by atoms with Crippen LogP contribution in [0.2, 0.25) is 0 Å². The summed E-state index contributed by atoms with van der Waals surface area (Å²) in [6.07, 6.45) is 6.28. The summed E-state index contributed by atoms with van der Waals surface area (Å²) in [5.74, 6) is 3.36. The van der Waals surface area contributed by atoms with Gasteiger partial charge in [0.05, 0.1) is 0 Å². The highest BCUT2D eigenvalue weighted by Gasteiger charge is 2.54. The Morgan fingerprint density at radius 1 is 1.24 bits per heavy atom. The second-order valence-electron chi connectivity index (χ2n) is 6.79. The molecule has 0 aromatic heterocycles. The molecule has 3 fully saturated rings. The van der Waals surface area contributed by atoms with Crippen LogP contribution in [0.25, 0.3) is 0 Å². The first kappa shape index (κ1) is 11.3. The summed E-state index contributed by atoms with van der Waals surface area (Å²) in [6, 6.07) is 0. The Hall–Kier alpha value is -0.790. The van der Waals surface area contributed by atoms with Crippen molar-refractivity contribution >= 4 is 5.97 Å². The summed E-state index contributed by atoms with van der Waals surface area (Å²) >= 11 is 0. The Labute approximate surface area is 103 Å². The summed E-state index contributed by atoms with van der Waals surface area (Å²) < 4.78 is 5.73. The third kappa shape index (κ3) is 1.82. The van der Waals surface area contributed by atoms with Crippen LogP contribution in [-0.2, 0) is 9.53 Å². The molecule has 0 aliphatic heterocycles. The number of esters is 1. The number of hydrogen-bond acceptors (Lipinski definition) is 2. The highest BCUT2D eigenvalue weighted by atomic mass is 16.6. The number of carbonyl (C=O) groups excluding carboxylic acids is 1. The number of ether oxygens (including phenoxy) is 1. The van der Waals surface area contributed by atoms with E-state index >= 15 is 0 Å². The lowest BCUT2D eigenvalue weighted by Crippen LogP contribution is -2.42. The minimum Gasteiger partial charge on any atom is -0.456 e. The molecular formula is C15H22O2. The maximum atomic E-state index is 11.7. The summed E-state index contributed by atoms with van der Waals surface area (Å²) in [4.78, 5) is 11.7.